The zero-order valence-electron chi connectivity index (χ0n) is 11.6. The molecule has 21 heavy (non-hydrogen) atoms. The van der Waals surface area contributed by atoms with Gasteiger partial charge in [-0.3, -0.25) is 4.79 Å². The van der Waals surface area contributed by atoms with E-state index in [0.29, 0.717) is 25.4 Å². The van der Waals surface area contributed by atoms with Crippen LogP contribution in [0.1, 0.15) is 19.3 Å². The summed E-state index contributed by atoms with van der Waals surface area (Å²) in [6, 6.07) is 9.41. The van der Waals surface area contributed by atoms with Gasteiger partial charge in [0, 0.05) is 13.1 Å². The lowest BCUT2D eigenvalue weighted by atomic mass is 9.94. The molecule has 1 heterocycles. The van der Waals surface area contributed by atoms with Crippen LogP contribution in [0, 0.1) is 5.92 Å². The van der Waals surface area contributed by atoms with Crippen molar-refractivity contribution in [2.45, 2.75) is 25.4 Å². The molecule has 1 saturated heterocycles. The summed E-state index contributed by atoms with van der Waals surface area (Å²) in [7, 11) is 0. The van der Waals surface area contributed by atoms with Crippen LogP contribution in [0.5, 0.6) is 5.75 Å². The van der Waals surface area contributed by atoms with Crippen LogP contribution in [-0.2, 0) is 4.79 Å². The van der Waals surface area contributed by atoms with Crippen molar-refractivity contribution in [1.29, 1.82) is 0 Å². The first-order chi connectivity index (χ1) is 9.97. The Balaban J connectivity index is 1.69. The van der Waals surface area contributed by atoms with Gasteiger partial charge >= 0.3 is 12.1 Å². The number of benzene rings is 1. The van der Waals surface area contributed by atoms with Crippen LogP contribution in [0.15, 0.2) is 30.3 Å². The second-order valence-corrected chi connectivity index (χ2v) is 5.18. The van der Waals surface area contributed by atoms with E-state index in [1.165, 1.54) is 0 Å². The summed E-state index contributed by atoms with van der Waals surface area (Å²) in [5.74, 6) is -0.616. The molecule has 0 bridgehead atoms. The van der Waals surface area contributed by atoms with Crippen molar-refractivity contribution in [3.8, 4) is 5.75 Å². The van der Waals surface area contributed by atoms with Crippen molar-refractivity contribution in [2.75, 3.05) is 19.7 Å². The molecule has 1 aromatic rings. The molecule has 1 amide bonds. The Morgan fingerprint density at radius 1 is 1.19 bits per heavy atom. The molecule has 0 aliphatic carbocycles. The van der Waals surface area contributed by atoms with Gasteiger partial charge < -0.3 is 9.64 Å². The molecule has 0 aromatic heterocycles. The van der Waals surface area contributed by atoms with Crippen molar-refractivity contribution in [3.05, 3.63) is 30.3 Å². The highest BCUT2D eigenvalue weighted by molar-refractivity contribution is 5.81. The lowest BCUT2D eigenvalue weighted by Gasteiger charge is -2.32. The summed E-state index contributed by atoms with van der Waals surface area (Å²) >= 11 is 0. The Labute approximate surface area is 121 Å². The number of rotatable bonds is 4. The molecule has 2 rings (SSSR count). The molecule has 0 spiro atoms. The fourth-order valence-electron chi connectivity index (χ4n) is 2.46. The fourth-order valence-corrected chi connectivity index (χ4v) is 2.46. The Morgan fingerprint density at radius 3 is 2.38 bits per heavy atom. The van der Waals surface area contributed by atoms with E-state index < -0.39 is 12.1 Å². The van der Waals surface area contributed by atoms with Gasteiger partial charge in [-0.1, -0.05) is 18.2 Å². The van der Waals surface area contributed by atoms with Crippen LogP contribution in [0.4, 0.5) is 13.2 Å². The average Bonchev–Trinajstić information content (AvgIpc) is 2.47. The Morgan fingerprint density at radius 2 is 1.81 bits per heavy atom. The third kappa shape index (κ3) is 4.65. The molecule has 0 radical (unpaired) electrons. The molecule has 0 unspecified atom stereocenters. The van der Waals surface area contributed by atoms with E-state index in [9.17, 15) is 18.0 Å². The van der Waals surface area contributed by atoms with Gasteiger partial charge in [0.15, 0.2) is 0 Å². The summed E-state index contributed by atoms with van der Waals surface area (Å²) in [5, 5.41) is 0. The molecular weight excluding hydrogens is 283 g/mol. The van der Waals surface area contributed by atoms with Crippen molar-refractivity contribution in [1.82, 2.24) is 4.90 Å². The number of hydrogen-bond acceptors (Lipinski definition) is 2. The lowest BCUT2D eigenvalue weighted by molar-refractivity contribution is -0.186. The molecule has 6 heteroatoms. The second kappa shape index (κ2) is 6.83. The topological polar surface area (TPSA) is 29.5 Å². The highest BCUT2D eigenvalue weighted by Gasteiger charge is 2.43. The first-order valence-electron chi connectivity index (χ1n) is 7.01. The van der Waals surface area contributed by atoms with Crippen LogP contribution in [0.2, 0.25) is 0 Å². The van der Waals surface area contributed by atoms with Gasteiger partial charge in [-0.05, 0) is 37.3 Å². The highest BCUT2D eigenvalue weighted by atomic mass is 19.4. The summed E-state index contributed by atoms with van der Waals surface area (Å²) in [6.07, 6.45) is -2.77. The van der Waals surface area contributed by atoms with E-state index in [0.717, 1.165) is 17.1 Å². The quantitative estimate of drug-likeness (QED) is 0.854. The summed E-state index contributed by atoms with van der Waals surface area (Å²) in [6.45, 7) is 0.893. The van der Waals surface area contributed by atoms with E-state index in [-0.39, 0.29) is 13.1 Å². The van der Waals surface area contributed by atoms with Crippen molar-refractivity contribution < 1.29 is 22.7 Å². The van der Waals surface area contributed by atoms with Crippen molar-refractivity contribution >= 4 is 5.91 Å². The van der Waals surface area contributed by atoms with Gasteiger partial charge in [0.05, 0.1) is 6.61 Å². The third-order valence-corrected chi connectivity index (χ3v) is 3.68. The number of nitrogens with zero attached hydrogens (tertiary/aromatic N) is 1. The van der Waals surface area contributed by atoms with E-state index >= 15 is 0 Å². The van der Waals surface area contributed by atoms with Gasteiger partial charge in [-0.25, -0.2) is 0 Å². The molecule has 1 aromatic carbocycles. The van der Waals surface area contributed by atoms with Crippen LogP contribution in [0.3, 0.4) is 0 Å². The van der Waals surface area contributed by atoms with Gasteiger partial charge in [0.1, 0.15) is 5.75 Å². The van der Waals surface area contributed by atoms with Crippen molar-refractivity contribution in [2.24, 2.45) is 5.92 Å². The van der Waals surface area contributed by atoms with Crippen LogP contribution in [-0.4, -0.2) is 36.7 Å². The molecule has 0 N–H and O–H groups in total. The lowest BCUT2D eigenvalue weighted by Crippen LogP contribution is -2.45. The Hall–Kier alpha value is -1.72. The Bertz CT molecular complexity index is 454. The number of para-hydroxylation sites is 1. The summed E-state index contributed by atoms with van der Waals surface area (Å²) in [5.41, 5.74) is 0. The molecule has 116 valence electrons. The second-order valence-electron chi connectivity index (χ2n) is 5.18. The third-order valence-electron chi connectivity index (χ3n) is 3.68. The number of carbonyl (C=O) groups excluding carboxylic acids is 1. The molecule has 3 nitrogen and oxygen atoms in total. The van der Waals surface area contributed by atoms with Gasteiger partial charge in [0.25, 0.3) is 0 Å². The number of piperidine rings is 1. The number of alkyl halides is 3. The molecule has 1 aliphatic heterocycles. The predicted molar refractivity (Wildman–Crippen MR) is 71.9 cm³/mol. The standard InChI is InChI=1S/C15H18F3NO2/c16-15(17,18)14(20)19-9-6-12(7-10-19)8-11-21-13-4-2-1-3-5-13/h1-5,12H,6-11H2. The SMILES string of the molecule is O=C(N1CCC(CCOc2ccccc2)CC1)C(F)(F)F. The number of hydrogen-bond donors (Lipinski definition) is 0. The number of ether oxygens (including phenoxy) is 1. The van der Waals surface area contributed by atoms with Gasteiger partial charge in [-0.2, -0.15) is 13.2 Å². The number of likely N-dealkylation sites (tertiary alicyclic amines) is 1. The maximum atomic E-state index is 12.3. The minimum absolute atomic E-state index is 0.175. The number of amides is 1. The summed E-state index contributed by atoms with van der Waals surface area (Å²) < 4.78 is 42.5. The minimum Gasteiger partial charge on any atom is -0.494 e. The minimum atomic E-state index is -4.76. The smallest absolute Gasteiger partial charge is 0.471 e. The number of halogens is 3. The molecule has 1 aliphatic rings. The first-order valence-corrected chi connectivity index (χ1v) is 7.01. The maximum absolute atomic E-state index is 12.3. The molecular formula is C15H18F3NO2. The Kier molecular flexibility index (Phi) is 5.09. The van der Waals surface area contributed by atoms with E-state index in [1.54, 1.807) is 0 Å². The maximum Gasteiger partial charge on any atom is 0.471 e. The monoisotopic (exact) mass is 301 g/mol. The highest BCUT2D eigenvalue weighted by Crippen LogP contribution is 2.25. The van der Waals surface area contributed by atoms with Crippen LogP contribution >= 0.6 is 0 Å². The van der Waals surface area contributed by atoms with E-state index in [2.05, 4.69) is 0 Å². The normalized spacial score (nSPS) is 16.8. The largest absolute Gasteiger partial charge is 0.494 e. The predicted octanol–water partition coefficient (Wildman–Crippen LogP) is 3.26. The van der Waals surface area contributed by atoms with E-state index in [4.69, 9.17) is 4.74 Å². The zero-order valence-corrected chi connectivity index (χ0v) is 11.6. The molecule has 1 fully saturated rings. The molecule has 0 saturated carbocycles. The summed E-state index contributed by atoms with van der Waals surface area (Å²) in [4.78, 5) is 12.0. The molecule has 0 atom stereocenters. The van der Waals surface area contributed by atoms with E-state index in [1.807, 2.05) is 30.3 Å². The van der Waals surface area contributed by atoms with Crippen LogP contribution in [0.25, 0.3) is 0 Å². The van der Waals surface area contributed by atoms with Crippen molar-refractivity contribution in [3.63, 3.8) is 0 Å². The zero-order chi connectivity index (χ0) is 15.3. The van der Waals surface area contributed by atoms with Crippen LogP contribution < -0.4 is 4.74 Å². The first kappa shape index (κ1) is 15.7. The van der Waals surface area contributed by atoms with Gasteiger partial charge in [-0.15, -0.1) is 0 Å². The number of carbonyl (C=O) groups is 1. The van der Waals surface area contributed by atoms with Gasteiger partial charge in [0.2, 0.25) is 0 Å². The fraction of sp³-hybridized carbons (Fsp3) is 0.533. The average molecular weight is 301 g/mol.